The molecule has 1 aromatic heterocycles. The number of benzene rings is 1. The fraction of sp³-hybridized carbons (Fsp3) is 0.630. The Balaban J connectivity index is 1.28. The molecule has 2 aromatic rings. The zero-order valence-electron chi connectivity index (χ0n) is 20.0. The Morgan fingerprint density at radius 2 is 1.84 bits per heavy atom. The molecule has 174 valence electrons. The van der Waals surface area contributed by atoms with E-state index in [1.807, 2.05) is 0 Å². The van der Waals surface area contributed by atoms with Crippen LogP contribution in [0.3, 0.4) is 0 Å². The second-order valence-electron chi connectivity index (χ2n) is 10.9. The zero-order valence-corrected chi connectivity index (χ0v) is 20.0. The fourth-order valence-corrected chi connectivity index (χ4v) is 5.20. The van der Waals surface area contributed by atoms with Gasteiger partial charge < -0.3 is 14.7 Å². The van der Waals surface area contributed by atoms with Crippen LogP contribution in [0, 0.1) is 17.8 Å². The minimum atomic E-state index is -0.0297. The lowest BCUT2D eigenvalue weighted by molar-refractivity contribution is -0.134. The molecule has 2 saturated heterocycles. The fourth-order valence-electron chi connectivity index (χ4n) is 5.20. The maximum absolute atomic E-state index is 13.1. The first kappa shape index (κ1) is 23.0. The van der Waals surface area contributed by atoms with Gasteiger partial charge in [0.25, 0.3) is 0 Å². The van der Waals surface area contributed by atoms with E-state index in [4.69, 9.17) is 4.52 Å². The molecule has 2 aliphatic rings. The van der Waals surface area contributed by atoms with Gasteiger partial charge in [-0.25, -0.2) is 0 Å². The third-order valence-electron chi connectivity index (χ3n) is 7.31. The van der Waals surface area contributed by atoms with E-state index in [-0.39, 0.29) is 5.41 Å². The lowest BCUT2D eigenvalue weighted by Crippen LogP contribution is -2.43. The number of carbonyl (C=O) groups excluding carboxylic acids is 1. The highest BCUT2D eigenvalue weighted by Gasteiger charge is 2.31. The first-order valence-electron chi connectivity index (χ1n) is 12.4. The lowest BCUT2D eigenvalue weighted by Gasteiger charge is -2.36. The largest absolute Gasteiger partial charge is 0.361 e. The van der Waals surface area contributed by atoms with Crippen molar-refractivity contribution in [2.24, 2.45) is 17.8 Å². The van der Waals surface area contributed by atoms with Crippen LogP contribution in [0.5, 0.6) is 0 Å². The van der Waals surface area contributed by atoms with Gasteiger partial charge in [0.05, 0.1) is 5.69 Å². The molecule has 4 rings (SSSR count). The molecule has 1 aromatic carbocycles. The van der Waals surface area contributed by atoms with E-state index in [1.54, 1.807) is 0 Å². The zero-order chi connectivity index (χ0) is 22.6. The van der Waals surface area contributed by atoms with Crippen LogP contribution in [0.25, 0.3) is 0 Å². The van der Waals surface area contributed by atoms with Gasteiger partial charge in [0.1, 0.15) is 5.76 Å². The molecule has 5 nitrogen and oxygen atoms in total. The van der Waals surface area contributed by atoms with E-state index in [1.165, 1.54) is 5.56 Å². The van der Waals surface area contributed by atoms with Crippen molar-refractivity contribution in [2.45, 2.75) is 64.7 Å². The van der Waals surface area contributed by atoms with Crippen molar-refractivity contribution in [3.63, 3.8) is 0 Å². The smallest absolute Gasteiger partial charge is 0.222 e. The average molecular weight is 438 g/mol. The van der Waals surface area contributed by atoms with Crippen LogP contribution in [0.15, 0.2) is 40.9 Å². The van der Waals surface area contributed by atoms with E-state index in [0.29, 0.717) is 30.1 Å². The van der Waals surface area contributed by atoms with Crippen LogP contribution in [0.2, 0.25) is 0 Å². The summed E-state index contributed by atoms with van der Waals surface area (Å²) in [4.78, 5) is 15.3. The molecule has 5 heteroatoms. The molecule has 0 radical (unpaired) electrons. The minimum absolute atomic E-state index is 0.0297. The third kappa shape index (κ3) is 6.00. The highest BCUT2D eigenvalue weighted by atomic mass is 16.5. The summed E-state index contributed by atoms with van der Waals surface area (Å²) in [5, 5.41) is 7.85. The SMILES string of the molecule is CC(C)(C)c1cc(C[C@H]2CNCC[C@H]2CC(=O)N2CCC(Cc3ccccc3)CC2)no1. The number of hydrogen-bond acceptors (Lipinski definition) is 4. The highest BCUT2D eigenvalue weighted by Crippen LogP contribution is 2.30. The van der Waals surface area contributed by atoms with E-state index < -0.39 is 0 Å². The molecule has 1 amide bonds. The molecule has 0 bridgehead atoms. The van der Waals surface area contributed by atoms with E-state index >= 15 is 0 Å². The Morgan fingerprint density at radius 3 is 2.53 bits per heavy atom. The Labute approximate surface area is 192 Å². The number of nitrogens with zero attached hydrogens (tertiary/aromatic N) is 2. The van der Waals surface area contributed by atoms with Crippen molar-refractivity contribution < 1.29 is 9.32 Å². The quantitative estimate of drug-likeness (QED) is 0.717. The second-order valence-corrected chi connectivity index (χ2v) is 10.9. The van der Waals surface area contributed by atoms with E-state index in [9.17, 15) is 4.79 Å². The topological polar surface area (TPSA) is 58.4 Å². The summed E-state index contributed by atoms with van der Waals surface area (Å²) < 4.78 is 5.59. The van der Waals surface area contributed by atoms with Gasteiger partial charge >= 0.3 is 0 Å². The Morgan fingerprint density at radius 1 is 1.09 bits per heavy atom. The van der Waals surface area contributed by atoms with Gasteiger partial charge in [0.15, 0.2) is 0 Å². The molecule has 3 heterocycles. The van der Waals surface area contributed by atoms with Crippen LogP contribution in [0.4, 0.5) is 0 Å². The molecular formula is C27H39N3O2. The van der Waals surface area contributed by atoms with Crippen molar-refractivity contribution in [1.82, 2.24) is 15.4 Å². The molecule has 2 fully saturated rings. The van der Waals surface area contributed by atoms with Gasteiger partial charge in [0, 0.05) is 31.0 Å². The van der Waals surface area contributed by atoms with Gasteiger partial charge in [-0.2, -0.15) is 0 Å². The second kappa shape index (κ2) is 10.2. The summed E-state index contributed by atoms with van der Waals surface area (Å²) in [5.41, 5.74) is 2.40. The van der Waals surface area contributed by atoms with Crippen molar-refractivity contribution >= 4 is 5.91 Å². The van der Waals surface area contributed by atoms with Crippen LogP contribution < -0.4 is 5.32 Å². The predicted molar refractivity (Wildman–Crippen MR) is 127 cm³/mol. The number of rotatable bonds is 6. The minimum Gasteiger partial charge on any atom is -0.361 e. The first-order chi connectivity index (χ1) is 15.4. The molecule has 1 N–H and O–H groups in total. The molecule has 0 unspecified atom stereocenters. The number of carbonyl (C=O) groups is 1. The molecule has 32 heavy (non-hydrogen) atoms. The summed E-state index contributed by atoms with van der Waals surface area (Å²) in [6, 6.07) is 12.8. The summed E-state index contributed by atoms with van der Waals surface area (Å²) in [7, 11) is 0. The Kier molecular flexibility index (Phi) is 7.34. The normalized spacial score (nSPS) is 22.8. The number of nitrogens with one attached hydrogen (secondary N) is 1. The lowest BCUT2D eigenvalue weighted by atomic mass is 9.80. The maximum atomic E-state index is 13.1. The molecule has 0 spiro atoms. The molecular weight excluding hydrogens is 398 g/mol. The molecule has 2 atom stereocenters. The first-order valence-corrected chi connectivity index (χ1v) is 12.4. The molecule has 0 aliphatic carbocycles. The number of hydrogen-bond donors (Lipinski definition) is 1. The Hall–Kier alpha value is -2.14. The van der Waals surface area contributed by atoms with Gasteiger partial charge in [0.2, 0.25) is 5.91 Å². The molecule has 2 aliphatic heterocycles. The Bertz CT molecular complexity index is 863. The standard InChI is InChI=1S/C27H39N3O2/c1-27(2,3)25-18-24(29-32-25)16-23-19-28-12-9-22(23)17-26(31)30-13-10-21(11-14-30)15-20-7-5-4-6-8-20/h4-8,18,21-23,28H,9-17,19H2,1-3H3/t22-,23-/m0/s1. The van der Waals surface area contributed by atoms with Crippen molar-refractivity contribution in [3.8, 4) is 0 Å². The van der Waals surface area contributed by atoms with Crippen LogP contribution in [-0.4, -0.2) is 42.1 Å². The third-order valence-corrected chi connectivity index (χ3v) is 7.31. The molecule has 0 saturated carbocycles. The van der Waals surface area contributed by atoms with Crippen LogP contribution in [0.1, 0.15) is 63.5 Å². The highest BCUT2D eigenvalue weighted by molar-refractivity contribution is 5.76. The monoisotopic (exact) mass is 437 g/mol. The summed E-state index contributed by atoms with van der Waals surface area (Å²) in [6.07, 6.45) is 5.97. The van der Waals surface area contributed by atoms with E-state index in [2.05, 4.69) is 72.5 Å². The summed E-state index contributed by atoms with van der Waals surface area (Å²) in [6.45, 7) is 10.2. The van der Waals surface area contributed by atoms with Crippen molar-refractivity contribution in [1.29, 1.82) is 0 Å². The van der Waals surface area contributed by atoms with Gasteiger partial charge in [-0.3, -0.25) is 4.79 Å². The summed E-state index contributed by atoms with van der Waals surface area (Å²) in [5.74, 6) is 2.82. The van der Waals surface area contributed by atoms with Crippen molar-refractivity contribution in [2.75, 3.05) is 26.2 Å². The number of likely N-dealkylation sites (tertiary alicyclic amines) is 1. The predicted octanol–water partition coefficient (Wildman–Crippen LogP) is 4.61. The summed E-state index contributed by atoms with van der Waals surface area (Å²) >= 11 is 0. The number of aromatic nitrogens is 1. The van der Waals surface area contributed by atoms with Crippen molar-refractivity contribution in [3.05, 3.63) is 53.4 Å². The van der Waals surface area contributed by atoms with Gasteiger partial charge in [-0.1, -0.05) is 56.3 Å². The van der Waals surface area contributed by atoms with E-state index in [0.717, 1.165) is 69.7 Å². The van der Waals surface area contributed by atoms with Crippen LogP contribution in [-0.2, 0) is 23.1 Å². The van der Waals surface area contributed by atoms with Crippen LogP contribution >= 0.6 is 0 Å². The number of piperidine rings is 2. The van der Waals surface area contributed by atoms with Gasteiger partial charge in [-0.15, -0.1) is 0 Å². The average Bonchev–Trinajstić information content (AvgIpc) is 3.26. The maximum Gasteiger partial charge on any atom is 0.222 e. The number of amides is 1. The van der Waals surface area contributed by atoms with Gasteiger partial charge in [-0.05, 0) is 68.5 Å².